The predicted octanol–water partition coefficient (Wildman–Crippen LogP) is 1.07. The fourth-order valence-electron chi connectivity index (χ4n) is 1.20. The molecule has 2 unspecified atom stereocenters. The van der Waals surface area contributed by atoms with Crippen LogP contribution in [0.1, 0.15) is 33.6 Å². The van der Waals surface area contributed by atoms with Gasteiger partial charge in [0.05, 0.1) is 5.92 Å². The van der Waals surface area contributed by atoms with Gasteiger partial charge in [0.2, 0.25) is 0 Å². The van der Waals surface area contributed by atoms with Crippen molar-refractivity contribution < 1.29 is 9.53 Å². The summed E-state index contributed by atoms with van der Waals surface area (Å²) < 4.78 is 5.19. The predicted molar refractivity (Wildman–Crippen MR) is 46.5 cm³/mol. The van der Waals surface area contributed by atoms with Gasteiger partial charge in [-0.15, -0.1) is 0 Å². The minimum absolute atomic E-state index is 0.0276. The Bertz CT molecular complexity index is 183. The normalized spacial score (nSPS) is 29.3. The summed E-state index contributed by atoms with van der Waals surface area (Å²) in [4.78, 5) is 11.3. The summed E-state index contributed by atoms with van der Waals surface area (Å²) >= 11 is 0. The number of esters is 1. The minimum atomic E-state index is -0.383. The van der Waals surface area contributed by atoms with E-state index < -0.39 is 0 Å². The maximum atomic E-state index is 11.3. The van der Waals surface area contributed by atoms with Gasteiger partial charge in [0, 0.05) is 6.04 Å². The summed E-state index contributed by atoms with van der Waals surface area (Å²) in [7, 11) is 0. The van der Waals surface area contributed by atoms with Gasteiger partial charge < -0.3 is 10.5 Å². The van der Waals surface area contributed by atoms with Crippen LogP contribution in [-0.2, 0) is 9.53 Å². The molecule has 0 aliphatic heterocycles. The fourth-order valence-corrected chi connectivity index (χ4v) is 1.20. The Balaban J connectivity index is 2.39. The molecule has 1 saturated carbocycles. The summed E-state index contributed by atoms with van der Waals surface area (Å²) in [6, 6.07) is 0.0276. The van der Waals surface area contributed by atoms with E-state index in [4.69, 9.17) is 10.5 Å². The van der Waals surface area contributed by atoms with Gasteiger partial charge in [-0.25, -0.2) is 0 Å². The Morgan fingerprint density at radius 1 is 1.42 bits per heavy atom. The number of hydrogen-bond donors (Lipinski definition) is 1. The van der Waals surface area contributed by atoms with Gasteiger partial charge in [-0.2, -0.15) is 0 Å². The SMILES string of the molecule is CC(C)(C)OC(=O)C1CCC1N. The van der Waals surface area contributed by atoms with E-state index in [-0.39, 0.29) is 23.5 Å². The van der Waals surface area contributed by atoms with Crippen LogP contribution in [-0.4, -0.2) is 17.6 Å². The Hall–Kier alpha value is -0.570. The summed E-state index contributed by atoms with van der Waals surface area (Å²) in [5.74, 6) is -0.189. The zero-order valence-corrected chi connectivity index (χ0v) is 7.96. The molecule has 0 aromatic carbocycles. The van der Waals surface area contributed by atoms with Crippen molar-refractivity contribution in [1.82, 2.24) is 0 Å². The van der Waals surface area contributed by atoms with E-state index >= 15 is 0 Å². The second-order valence-electron chi connectivity index (χ2n) is 4.38. The van der Waals surface area contributed by atoms with E-state index in [1.54, 1.807) is 0 Å². The van der Waals surface area contributed by atoms with Crippen LogP contribution in [0.4, 0.5) is 0 Å². The number of nitrogens with two attached hydrogens (primary N) is 1. The van der Waals surface area contributed by atoms with Crippen molar-refractivity contribution in [1.29, 1.82) is 0 Å². The molecule has 1 aliphatic rings. The summed E-state index contributed by atoms with van der Waals surface area (Å²) in [5, 5.41) is 0. The van der Waals surface area contributed by atoms with Crippen molar-refractivity contribution in [3.63, 3.8) is 0 Å². The van der Waals surface area contributed by atoms with Crippen molar-refractivity contribution in [3.8, 4) is 0 Å². The van der Waals surface area contributed by atoms with Crippen molar-refractivity contribution in [2.75, 3.05) is 0 Å². The van der Waals surface area contributed by atoms with Gasteiger partial charge in [0.1, 0.15) is 5.60 Å². The number of hydrogen-bond acceptors (Lipinski definition) is 3. The van der Waals surface area contributed by atoms with Crippen LogP contribution in [0.5, 0.6) is 0 Å². The average Bonchev–Trinajstić information content (AvgIpc) is 1.79. The lowest BCUT2D eigenvalue weighted by Crippen LogP contribution is -2.46. The Morgan fingerprint density at radius 3 is 2.25 bits per heavy atom. The molecule has 0 aromatic rings. The van der Waals surface area contributed by atoms with Crippen molar-refractivity contribution >= 4 is 5.97 Å². The highest BCUT2D eigenvalue weighted by atomic mass is 16.6. The molecule has 12 heavy (non-hydrogen) atoms. The lowest BCUT2D eigenvalue weighted by molar-refractivity contribution is -0.163. The molecule has 0 bridgehead atoms. The highest BCUT2D eigenvalue weighted by Gasteiger charge is 2.36. The fraction of sp³-hybridized carbons (Fsp3) is 0.889. The van der Waals surface area contributed by atoms with Crippen LogP contribution >= 0.6 is 0 Å². The van der Waals surface area contributed by atoms with Crippen LogP contribution < -0.4 is 5.73 Å². The zero-order chi connectivity index (χ0) is 9.35. The molecule has 70 valence electrons. The first-order valence-electron chi connectivity index (χ1n) is 4.38. The first kappa shape index (κ1) is 9.52. The van der Waals surface area contributed by atoms with Crippen LogP contribution in [0.25, 0.3) is 0 Å². The molecule has 1 fully saturated rings. The highest BCUT2D eigenvalue weighted by Crippen LogP contribution is 2.28. The van der Waals surface area contributed by atoms with Gasteiger partial charge >= 0.3 is 5.97 Å². The van der Waals surface area contributed by atoms with Gasteiger partial charge in [-0.3, -0.25) is 4.79 Å². The monoisotopic (exact) mass is 171 g/mol. The minimum Gasteiger partial charge on any atom is -0.460 e. The lowest BCUT2D eigenvalue weighted by Gasteiger charge is -2.33. The lowest BCUT2D eigenvalue weighted by atomic mass is 9.80. The largest absolute Gasteiger partial charge is 0.460 e. The van der Waals surface area contributed by atoms with Crippen LogP contribution in [0, 0.1) is 5.92 Å². The molecular weight excluding hydrogens is 154 g/mol. The zero-order valence-electron chi connectivity index (χ0n) is 7.96. The van der Waals surface area contributed by atoms with Crippen LogP contribution in [0.15, 0.2) is 0 Å². The summed E-state index contributed by atoms with van der Waals surface area (Å²) in [6.45, 7) is 5.61. The van der Waals surface area contributed by atoms with Crippen molar-refractivity contribution in [3.05, 3.63) is 0 Å². The third-order valence-corrected chi connectivity index (χ3v) is 2.04. The van der Waals surface area contributed by atoms with E-state index in [2.05, 4.69) is 0 Å². The van der Waals surface area contributed by atoms with Crippen LogP contribution in [0.3, 0.4) is 0 Å². The number of ether oxygens (including phenoxy) is 1. The maximum Gasteiger partial charge on any atom is 0.311 e. The van der Waals surface area contributed by atoms with E-state index in [9.17, 15) is 4.79 Å². The molecule has 0 saturated heterocycles. The second kappa shape index (κ2) is 3.05. The molecule has 3 nitrogen and oxygen atoms in total. The first-order valence-corrected chi connectivity index (χ1v) is 4.38. The molecule has 1 aliphatic carbocycles. The Labute approximate surface area is 73.3 Å². The Morgan fingerprint density at radius 2 is 2.00 bits per heavy atom. The van der Waals surface area contributed by atoms with Gasteiger partial charge in [-0.05, 0) is 33.6 Å². The number of carbonyl (C=O) groups excluding carboxylic acids is 1. The third kappa shape index (κ3) is 2.21. The summed E-state index contributed by atoms with van der Waals surface area (Å²) in [5.41, 5.74) is 5.26. The van der Waals surface area contributed by atoms with Crippen molar-refractivity contribution in [2.24, 2.45) is 11.7 Å². The van der Waals surface area contributed by atoms with E-state index in [0.717, 1.165) is 12.8 Å². The van der Waals surface area contributed by atoms with Crippen LogP contribution in [0.2, 0.25) is 0 Å². The molecular formula is C9H17NO2. The van der Waals surface area contributed by atoms with E-state index in [1.165, 1.54) is 0 Å². The highest BCUT2D eigenvalue weighted by molar-refractivity contribution is 5.74. The second-order valence-corrected chi connectivity index (χ2v) is 4.38. The third-order valence-electron chi connectivity index (χ3n) is 2.04. The molecule has 0 spiro atoms. The molecule has 0 heterocycles. The molecule has 1 rings (SSSR count). The van der Waals surface area contributed by atoms with Crippen molar-refractivity contribution in [2.45, 2.75) is 45.3 Å². The number of carbonyl (C=O) groups is 1. The molecule has 0 aromatic heterocycles. The summed E-state index contributed by atoms with van der Waals surface area (Å²) in [6.07, 6.45) is 1.83. The average molecular weight is 171 g/mol. The maximum absolute atomic E-state index is 11.3. The smallest absolute Gasteiger partial charge is 0.311 e. The topological polar surface area (TPSA) is 52.3 Å². The molecule has 3 heteroatoms. The molecule has 2 atom stereocenters. The standard InChI is InChI=1S/C9H17NO2/c1-9(2,3)12-8(11)6-4-5-7(6)10/h6-7H,4-5,10H2,1-3H3. The molecule has 2 N–H and O–H groups in total. The van der Waals surface area contributed by atoms with Gasteiger partial charge in [0.15, 0.2) is 0 Å². The first-order chi connectivity index (χ1) is 5.40. The quantitative estimate of drug-likeness (QED) is 0.600. The van der Waals surface area contributed by atoms with Gasteiger partial charge in [-0.1, -0.05) is 0 Å². The van der Waals surface area contributed by atoms with E-state index in [0.29, 0.717) is 0 Å². The van der Waals surface area contributed by atoms with Gasteiger partial charge in [0.25, 0.3) is 0 Å². The molecule has 0 amide bonds. The number of rotatable bonds is 1. The van der Waals surface area contributed by atoms with E-state index in [1.807, 2.05) is 20.8 Å². The molecule has 0 radical (unpaired) electrons. The Kier molecular flexibility index (Phi) is 2.42.